The average Bonchev–Trinajstić information content (AvgIpc) is 3.15. The highest BCUT2D eigenvalue weighted by Gasteiger charge is 2.27. The molecule has 1 N–H and O–H groups in total. The lowest BCUT2D eigenvalue weighted by Crippen LogP contribution is -2.40. The number of nitrogens with zero attached hydrogens (tertiary/aromatic N) is 6. The zero-order valence-corrected chi connectivity index (χ0v) is 15.2. The summed E-state index contributed by atoms with van der Waals surface area (Å²) in [6.45, 7) is 2.55. The monoisotopic (exact) mass is 371 g/mol. The van der Waals surface area contributed by atoms with Gasteiger partial charge in [0.1, 0.15) is 6.33 Å². The maximum Gasteiger partial charge on any atom is 0.247 e. The van der Waals surface area contributed by atoms with Crippen molar-refractivity contribution in [2.24, 2.45) is 0 Å². The Morgan fingerprint density at radius 3 is 2.82 bits per heavy atom. The number of carbonyl (C=O) groups excluding carboxylic acids is 1. The van der Waals surface area contributed by atoms with Crippen molar-refractivity contribution < 1.29 is 4.79 Å². The molecular formula is C20H17N7O. The smallest absolute Gasteiger partial charge is 0.247 e. The van der Waals surface area contributed by atoms with Gasteiger partial charge in [-0.25, -0.2) is 9.97 Å². The molecule has 28 heavy (non-hydrogen) atoms. The third-order valence-electron chi connectivity index (χ3n) is 4.73. The molecule has 0 fully saturated rings. The Morgan fingerprint density at radius 2 is 1.96 bits per heavy atom. The highest BCUT2D eigenvalue weighted by Crippen LogP contribution is 2.29. The van der Waals surface area contributed by atoms with Gasteiger partial charge in [-0.3, -0.25) is 19.2 Å². The van der Waals surface area contributed by atoms with Crippen LogP contribution in [0.5, 0.6) is 0 Å². The van der Waals surface area contributed by atoms with Crippen molar-refractivity contribution in [1.29, 1.82) is 0 Å². The third kappa shape index (κ3) is 2.75. The molecular weight excluding hydrogens is 354 g/mol. The summed E-state index contributed by atoms with van der Waals surface area (Å²) in [4.78, 5) is 32.1. The fraction of sp³-hybridized carbons (Fsp3) is 0.150. The molecule has 1 amide bonds. The molecule has 4 aromatic rings. The molecule has 138 valence electrons. The molecule has 0 spiro atoms. The van der Waals surface area contributed by atoms with Gasteiger partial charge in [0.15, 0.2) is 5.82 Å². The molecule has 0 bridgehead atoms. The predicted molar refractivity (Wildman–Crippen MR) is 105 cm³/mol. The van der Waals surface area contributed by atoms with Crippen LogP contribution in [0, 0.1) is 6.92 Å². The summed E-state index contributed by atoms with van der Waals surface area (Å²) >= 11 is 0. The molecule has 0 atom stereocenters. The maximum atomic E-state index is 12.6. The first-order valence-corrected chi connectivity index (χ1v) is 8.94. The van der Waals surface area contributed by atoms with Gasteiger partial charge in [0.05, 0.1) is 36.0 Å². The highest BCUT2D eigenvalue weighted by atomic mass is 16.2. The van der Waals surface area contributed by atoms with Crippen molar-refractivity contribution in [2.45, 2.75) is 13.5 Å². The number of aryl methyl sites for hydroxylation is 1. The highest BCUT2D eigenvalue weighted by molar-refractivity contribution is 6.01. The predicted octanol–water partition coefficient (Wildman–Crippen LogP) is 2.48. The van der Waals surface area contributed by atoms with Gasteiger partial charge < -0.3 is 5.32 Å². The van der Waals surface area contributed by atoms with Gasteiger partial charge in [-0.1, -0.05) is 18.2 Å². The van der Waals surface area contributed by atoms with Crippen LogP contribution in [0.15, 0.2) is 55.1 Å². The number of hydrogen-bond donors (Lipinski definition) is 1. The first-order chi connectivity index (χ1) is 13.7. The van der Waals surface area contributed by atoms with Crippen LogP contribution >= 0.6 is 0 Å². The summed E-state index contributed by atoms with van der Waals surface area (Å²) in [6.07, 6.45) is 5.19. The molecule has 4 heterocycles. The van der Waals surface area contributed by atoms with E-state index < -0.39 is 0 Å². The number of para-hydroxylation sites is 2. The van der Waals surface area contributed by atoms with Gasteiger partial charge in [-0.05, 0) is 30.7 Å². The van der Waals surface area contributed by atoms with Gasteiger partial charge in [0.2, 0.25) is 11.9 Å². The second-order valence-electron chi connectivity index (χ2n) is 6.65. The van der Waals surface area contributed by atoms with E-state index in [1.807, 2.05) is 47.9 Å². The molecule has 0 aliphatic carbocycles. The van der Waals surface area contributed by atoms with E-state index in [1.54, 1.807) is 23.6 Å². The zero-order valence-electron chi connectivity index (χ0n) is 15.2. The second kappa shape index (κ2) is 6.41. The van der Waals surface area contributed by atoms with Crippen LogP contribution < -0.4 is 10.2 Å². The normalized spacial score (nSPS) is 13.5. The Labute approximate surface area is 160 Å². The largest absolute Gasteiger partial charge is 0.372 e. The zero-order chi connectivity index (χ0) is 19.1. The van der Waals surface area contributed by atoms with E-state index in [0.717, 1.165) is 28.0 Å². The van der Waals surface area contributed by atoms with Crippen LogP contribution in [0.4, 0.5) is 11.5 Å². The summed E-state index contributed by atoms with van der Waals surface area (Å²) in [5.41, 5.74) is 4.38. The lowest BCUT2D eigenvalue weighted by atomic mass is 10.2. The number of benzene rings is 1. The van der Waals surface area contributed by atoms with Gasteiger partial charge in [0, 0.05) is 11.9 Å². The number of aromatic nitrogens is 5. The van der Waals surface area contributed by atoms with Crippen LogP contribution in [-0.4, -0.2) is 37.0 Å². The van der Waals surface area contributed by atoms with E-state index in [-0.39, 0.29) is 12.5 Å². The summed E-state index contributed by atoms with van der Waals surface area (Å²) in [5.74, 6) is 0.976. The van der Waals surface area contributed by atoms with Gasteiger partial charge in [-0.15, -0.1) is 0 Å². The molecule has 0 saturated carbocycles. The SMILES string of the molecule is Cc1ccc(CN2C(=O)CNc3cnc(-n4cnc5ccccc54)nc32)cn1. The van der Waals surface area contributed by atoms with E-state index in [4.69, 9.17) is 0 Å². The van der Waals surface area contributed by atoms with Crippen molar-refractivity contribution in [2.75, 3.05) is 16.8 Å². The van der Waals surface area contributed by atoms with Crippen molar-refractivity contribution in [3.8, 4) is 5.95 Å². The lowest BCUT2D eigenvalue weighted by Gasteiger charge is -2.29. The fourth-order valence-electron chi connectivity index (χ4n) is 3.25. The van der Waals surface area contributed by atoms with E-state index in [2.05, 4.69) is 25.3 Å². The molecule has 3 aromatic heterocycles. The van der Waals surface area contributed by atoms with Crippen molar-refractivity contribution in [1.82, 2.24) is 24.5 Å². The summed E-state index contributed by atoms with van der Waals surface area (Å²) < 4.78 is 1.82. The second-order valence-corrected chi connectivity index (χ2v) is 6.65. The van der Waals surface area contributed by atoms with Crippen molar-refractivity contribution in [3.63, 3.8) is 0 Å². The Kier molecular flexibility index (Phi) is 3.75. The molecule has 1 aliphatic heterocycles. The van der Waals surface area contributed by atoms with Gasteiger partial charge in [0.25, 0.3) is 0 Å². The summed E-state index contributed by atoms with van der Waals surface area (Å²) in [5, 5.41) is 3.09. The fourth-order valence-corrected chi connectivity index (χ4v) is 3.25. The first kappa shape index (κ1) is 16.4. The van der Waals surface area contributed by atoms with Gasteiger partial charge >= 0.3 is 0 Å². The molecule has 8 heteroatoms. The summed E-state index contributed by atoms with van der Waals surface area (Å²) in [7, 11) is 0. The minimum absolute atomic E-state index is 0.0479. The molecule has 0 radical (unpaired) electrons. The van der Waals surface area contributed by atoms with Crippen LogP contribution in [0.2, 0.25) is 0 Å². The quantitative estimate of drug-likeness (QED) is 0.595. The lowest BCUT2D eigenvalue weighted by molar-refractivity contribution is -0.117. The number of amides is 1. The number of imidazole rings is 1. The minimum atomic E-state index is -0.0479. The number of anilines is 2. The Bertz CT molecular complexity index is 1180. The van der Waals surface area contributed by atoms with E-state index in [0.29, 0.717) is 18.3 Å². The Hall–Kier alpha value is -3.81. The van der Waals surface area contributed by atoms with E-state index in [9.17, 15) is 4.79 Å². The Balaban J connectivity index is 1.57. The summed E-state index contributed by atoms with van der Waals surface area (Å²) in [6, 6.07) is 11.7. The average molecular weight is 371 g/mol. The number of carbonyl (C=O) groups is 1. The maximum absolute atomic E-state index is 12.6. The number of nitrogens with one attached hydrogen (secondary N) is 1. The van der Waals surface area contributed by atoms with Crippen LogP contribution in [0.1, 0.15) is 11.3 Å². The molecule has 1 aliphatic rings. The number of rotatable bonds is 3. The minimum Gasteiger partial charge on any atom is -0.372 e. The van der Waals surface area contributed by atoms with E-state index >= 15 is 0 Å². The molecule has 1 aromatic carbocycles. The first-order valence-electron chi connectivity index (χ1n) is 8.94. The van der Waals surface area contributed by atoms with Gasteiger partial charge in [-0.2, -0.15) is 4.98 Å². The Morgan fingerprint density at radius 1 is 1.07 bits per heavy atom. The van der Waals surface area contributed by atoms with Crippen LogP contribution in [-0.2, 0) is 11.3 Å². The van der Waals surface area contributed by atoms with E-state index in [1.165, 1.54) is 0 Å². The number of hydrogen-bond acceptors (Lipinski definition) is 6. The van der Waals surface area contributed by atoms with Crippen molar-refractivity contribution >= 4 is 28.4 Å². The third-order valence-corrected chi connectivity index (χ3v) is 4.73. The van der Waals surface area contributed by atoms with Crippen molar-refractivity contribution in [3.05, 3.63) is 66.4 Å². The van der Waals surface area contributed by atoms with Crippen LogP contribution in [0.25, 0.3) is 17.0 Å². The molecule has 0 saturated heterocycles. The number of fused-ring (bicyclic) bond motifs is 2. The van der Waals surface area contributed by atoms with Crippen LogP contribution in [0.3, 0.4) is 0 Å². The molecule has 0 unspecified atom stereocenters. The molecule has 8 nitrogen and oxygen atoms in total. The topological polar surface area (TPSA) is 88.8 Å². The number of pyridine rings is 1. The molecule has 5 rings (SSSR count). The standard InChI is InChI=1S/C20H17N7O/c1-13-6-7-14(8-21-13)11-26-18(28)10-22-16-9-23-20(25-19(16)26)27-12-24-15-4-2-3-5-17(15)27/h2-9,12,22H,10-11H2,1H3.